The Hall–Kier alpha value is -2.35. The van der Waals surface area contributed by atoms with Gasteiger partial charge in [0.2, 0.25) is 11.8 Å². The van der Waals surface area contributed by atoms with Crippen LogP contribution >= 0.6 is 15.9 Å². The zero-order valence-electron chi connectivity index (χ0n) is 15.7. The Morgan fingerprint density at radius 2 is 2.18 bits per heavy atom. The number of carbonyl (C=O) groups excluding carboxylic acids is 2. The molecule has 8 heteroatoms. The number of primary amides is 1. The number of hydrogen-bond donors (Lipinski definition) is 1. The first kappa shape index (κ1) is 20.4. The van der Waals surface area contributed by atoms with Crippen molar-refractivity contribution in [2.45, 2.75) is 38.3 Å². The highest BCUT2D eigenvalue weighted by Gasteiger charge is 2.33. The predicted octanol–water partition coefficient (Wildman–Crippen LogP) is 2.60. The van der Waals surface area contributed by atoms with Gasteiger partial charge in [-0.25, -0.2) is 0 Å². The van der Waals surface area contributed by atoms with Gasteiger partial charge in [0.25, 0.3) is 0 Å². The Balaban J connectivity index is 1.56. The van der Waals surface area contributed by atoms with Crippen molar-refractivity contribution in [2.24, 2.45) is 11.7 Å². The first-order chi connectivity index (χ1) is 13.5. The Morgan fingerprint density at radius 1 is 1.32 bits per heavy atom. The lowest BCUT2D eigenvalue weighted by Crippen LogP contribution is -2.49. The van der Waals surface area contributed by atoms with Gasteiger partial charge in [-0.1, -0.05) is 22.0 Å². The SMILES string of the molecule is NC(=O)C[C@H]1CN(C(=O)CCCn2cccn2)CC[C@@H]1Oc1cccc(Br)c1. The average molecular weight is 449 g/mol. The van der Waals surface area contributed by atoms with Crippen molar-refractivity contribution in [1.82, 2.24) is 14.7 Å². The fraction of sp³-hybridized carbons (Fsp3) is 0.450. The van der Waals surface area contributed by atoms with Crippen LogP contribution in [-0.4, -0.2) is 45.7 Å². The van der Waals surface area contributed by atoms with Crippen LogP contribution in [0.2, 0.25) is 0 Å². The molecule has 0 radical (unpaired) electrons. The Labute approximate surface area is 173 Å². The van der Waals surface area contributed by atoms with Gasteiger partial charge in [-0.3, -0.25) is 14.3 Å². The number of aryl methyl sites for hydroxylation is 1. The lowest BCUT2D eigenvalue weighted by molar-refractivity contribution is -0.136. The zero-order valence-corrected chi connectivity index (χ0v) is 17.3. The Morgan fingerprint density at radius 3 is 2.89 bits per heavy atom. The maximum Gasteiger partial charge on any atom is 0.222 e. The monoisotopic (exact) mass is 448 g/mol. The van der Waals surface area contributed by atoms with E-state index in [2.05, 4.69) is 21.0 Å². The fourth-order valence-electron chi connectivity index (χ4n) is 3.55. The second-order valence-corrected chi connectivity index (χ2v) is 7.96. The van der Waals surface area contributed by atoms with Gasteiger partial charge in [-0.05, 0) is 30.7 Å². The summed E-state index contributed by atoms with van der Waals surface area (Å²) in [6.45, 7) is 1.82. The second-order valence-electron chi connectivity index (χ2n) is 7.05. The van der Waals surface area contributed by atoms with Crippen LogP contribution in [0.15, 0.2) is 47.2 Å². The van der Waals surface area contributed by atoms with Crippen molar-refractivity contribution >= 4 is 27.7 Å². The van der Waals surface area contributed by atoms with Crippen molar-refractivity contribution in [3.05, 3.63) is 47.2 Å². The van der Waals surface area contributed by atoms with Crippen LogP contribution in [0.1, 0.15) is 25.7 Å². The predicted molar refractivity (Wildman–Crippen MR) is 109 cm³/mol. The summed E-state index contributed by atoms with van der Waals surface area (Å²) in [6.07, 6.45) is 5.54. The van der Waals surface area contributed by atoms with Gasteiger partial charge in [-0.2, -0.15) is 5.10 Å². The van der Waals surface area contributed by atoms with E-state index in [4.69, 9.17) is 10.5 Å². The number of carbonyl (C=O) groups is 2. The standard InChI is InChI=1S/C20H25BrN4O3/c21-16-4-1-5-17(13-16)28-18-7-11-24(14-15(18)12-19(22)26)20(27)6-2-9-25-10-3-8-23-25/h1,3-5,8,10,13,15,18H,2,6-7,9,11-12,14H2,(H2,22,26)/t15-,18-/m0/s1. The molecule has 2 aromatic rings. The van der Waals surface area contributed by atoms with Gasteiger partial charge < -0.3 is 15.4 Å². The number of rotatable bonds is 8. The molecule has 1 fully saturated rings. The summed E-state index contributed by atoms with van der Waals surface area (Å²) in [6, 6.07) is 9.48. The molecule has 1 aliphatic rings. The van der Waals surface area contributed by atoms with E-state index >= 15 is 0 Å². The van der Waals surface area contributed by atoms with Gasteiger partial charge in [0.15, 0.2) is 0 Å². The molecule has 0 spiro atoms. The largest absolute Gasteiger partial charge is 0.490 e. The van der Waals surface area contributed by atoms with Gasteiger partial charge in [0.1, 0.15) is 11.9 Å². The highest BCUT2D eigenvalue weighted by molar-refractivity contribution is 9.10. The number of nitrogens with zero attached hydrogens (tertiary/aromatic N) is 3. The van der Waals surface area contributed by atoms with Crippen molar-refractivity contribution in [2.75, 3.05) is 13.1 Å². The normalized spacial score (nSPS) is 19.4. The maximum atomic E-state index is 12.6. The molecule has 1 saturated heterocycles. The Kier molecular flexibility index (Phi) is 7.08. The number of halogens is 1. The summed E-state index contributed by atoms with van der Waals surface area (Å²) in [7, 11) is 0. The summed E-state index contributed by atoms with van der Waals surface area (Å²) in [4.78, 5) is 26.0. The van der Waals surface area contributed by atoms with Crippen LogP contribution in [0, 0.1) is 5.92 Å². The number of piperidine rings is 1. The van der Waals surface area contributed by atoms with E-state index in [0.717, 1.165) is 16.6 Å². The Bertz CT molecular complexity index is 797. The molecule has 7 nitrogen and oxygen atoms in total. The summed E-state index contributed by atoms with van der Waals surface area (Å²) >= 11 is 3.44. The molecular formula is C20H25BrN4O3. The van der Waals surface area contributed by atoms with Gasteiger partial charge >= 0.3 is 0 Å². The number of likely N-dealkylation sites (tertiary alicyclic amines) is 1. The minimum atomic E-state index is -0.374. The zero-order chi connectivity index (χ0) is 19.9. The number of amides is 2. The minimum Gasteiger partial charge on any atom is -0.490 e. The average Bonchev–Trinajstić information content (AvgIpc) is 3.16. The first-order valence-electron chi connectivity index (χ1n) is 9.47. The van der Waals surface area contributed by atoms with Gasteiger partial charge in [0.05, 0.1) is 0 Å². The highest BCUT2D eigenvalue weighted by atomic mass is 79.9. The molecule has 1 aliphatic heterocycles. The second kappa shape index (κ2) is 9.73. The lowest BCUT2D eigenvalue weighted by Gasteiger charge is -2.38. The van der Waals surface area contributed by atoms with E-state index < -0.39 is 0 Å². The van der Waals surface area contributed by atoms with E-state index in [9.17, 15) is 9.59 Å². The smallest absolute Gasteiger partial charge is 0.222 e. The summed E-state index contributed by atoms with van der Waals surface area (Å²) < 4.78 is 8.87. The quantitative estimate of drug-likeness (QED) is 0.671. The fourth-order valence-corrected chi connectivity index (χ4v) is 3.92. The number of ether oxygens (including phenoxy) is 1. The molecule has 2 heterocycles. The summed E-state index contributed by atoms with van der Waals surface area (Å²) in [5, 5.41) is 4.15. The molecule has 1 aromatic carbocycles. The molecule has 28 heavy (non-hydrogen) atoms. The van der Waals surface area contributed by atoms with Crippen LogP contribution in [0.4, 0.5) is 0 Å². The molecule has 2 N–H and O–H groups in total. The third-order valence-electron chi connectivity index (χ3n) is 4.90. The van der Waals surface area contributed by atoms with Crippen molar-refractivity contribution in [3.63, 3.8) is 0 Å². The third kappa shape index (κ3) is 5.82. The van der Waals surface area contributed by atoms with Crippen LogP contribution in [0.5, 0.6) is 5.75 Å². The molecule has 2 amide bonds. The molecule has 0 aliphatic carbocycles. The van der Waals surface area contributed by atoms with Gasteiger partial charge in [-0.15, -0.1) is 0 Å². The van der Waals surface area contributed by atoms with Crippen LogP contribution in [0.3, 0.4) is 0 Å². The van der Waals surface area contributed by atoms with E-state index in [0.29, 0.717) is 32.5 Å². The highest BCUT2D eigenvalue weighted by Crippen LogP contribution is 2.27. The van der Waals surface area contributed by atoms with Crippen LogP contribution < -0.4 is 10.5 Å². The molecule has 150 valence electrons. The number of benzene rings is 1. The molecule has 2 atom stereocenters. The topological polar surface area (TPSA) is 90.5 Å². The number of aromatic nitrogens is 2. The molecule has 3 rings (SSSR count). The van der Waals surface area contributed by atoms with Crippen LogP contribution in [0.25, 0.3) is 0 Å². The minimum absolute atomic E-state index is 0.0996. The number of hydrogen-bond acceptors (Lipinski definition) is 4. The van der Waals surface area contributed by atoms with E-state index in [1.165, 1.54) is 0 Å². The lowest BCUT2D eigenvalue weighted by atomic mass is 9.91. The number of nitrogens with two attached hydrogens (primary N) is 1. The van der Waals surface area contributed by atoms with Crippen molar-refractivity contribution < 1.29 is 14.3 Å². The summed E-state index contributed by atoms with van der Waals surface area (Å²) in [5.74, 6) is 0.358. The molecular weight excluding hydrogens is 424 g/mol. The van der Waals surface area contributed by atoms with Crippen molar-refractivity contribution in [3.8, 4) is 5.75 Å². The molecule has 1 aromatic heterocycles. The molecule has 0 bridgehead atoms. The van der Waals surface area contributed by atoms with Crippen LogP contribution in [-0.2, 0) is 16.1 Å². The van der Waals surface area contributed by atoms with E-state index in [1.54, 1.807) is 6.20 Å². The first-order valence-corrected chi connectivity index (χ1v) is 10.3. The van der Waals surface area contributed by atoms with E-state index in [1.807, 2.05) is 46.1 Å². The molecule has 0 unspecified atom stereocenters. The third-order valence-corrected chi connectivity index (χ3v) is 5.39. The van der Waals surface area contributed by atoms with Crippen molar-refractivity contribution in [1.29, 1.82) is 0 Å². The maximum absolute atomic E-state index is 12.6. The summed E-state index contributed by atoms with van der Waals surface area (Å²) in [5.41, 5.74) is 5.44. The molecule has 0 saturated carbocycles. The van der Waals surface area contributed by atoms with E-state index in [-0.39, 0.29) is 30.3 Å². The van der Waals surface area contributed by atoms with Gasteiger partial charge in [0, 0.05) is 61.7 Å².